The molecule has 0 aromatic carbocycles. The molecule has 0 aliphatic carbocycles. The van der Waals surface area contributed by atoms with Crippen molar-refractivity contribution in [2.45, 2.75) is 33.1 Å². The summed E-state index contributed by atoms with van der Waals surface area (Å²) in [7, 11) is 0. The van der Waals surface area contributed by atoms with Crippen molar-refractivity contribution in [3.05, 3.63) is 0 Å². The van der Waals surface area contributed by atoms with Gasteiger partial charge < -0.3 is 10.6 Å². The second-order valence-corrected chi connectivity index (χ2v) is 2.42. The number of hydrogen-bond donors (Lipinski definition) is 1. The molecule has 4 heteroatoms. The second-order valence-electron chi connectivity index (χ2n) is 2.42. The molecule has 12 heavy (non-hydrogen) atoms. The summed E-state index contributed by atoms with van der Waals surface area (Å²) in [6.07, 6.45) is 2.53. The van der Waals surface area contributed by atoms with Gasteiger partial charge in [0.25, 0.3) is 5.91 Å². The molecule has 0 spiro atoms. The number of carbonyl (C=O) groups excluding carboxylic acids is 1. The Bertz CT molecular complexity index is 166. The van der Waals surface area contributed by atoms with Crippen LogP contribution in [-0.4, -0.2) is 18.2 Å². The summed E-state index contributed by atoms with van der Waals surface area (Å²) in [6.45, 7) is 4.31. The molecule has 2 N–H and O–H groups in total. The Labute approximate surface area is 72.8 Å². The lowest BCUT2D eigenvalue weighted by molar-refractivity contribution is -0.112. The molecule has 0 fully saturated rings. The van der Waals surface area contributed by atoms with Crippen molar-refractivity contribution in [3.63, 3.8) is 0 Å². The molecule has 0 aliphatic rings. The van der Waals surface area contributed by atoms with Crippen molar-refractivity contribution in [3.8, 4) is 0 Å². The number of carbonyl (C=O) groups is 1. The van der Waals surface area contributed by atoms with E-state index in [2.05, 4.69) is 5.16 Å². The fraction of sp³-hybridized carbons (Fsp3) is 0.750. The summed E-state index contributed by atoms with van der Waals surface area (Å²) >= 11 is 0. The molecule has 0 bridgehead atoms. The van der Waals surface area contributed by atoms with E-state index >= 15 is 0 Å². The molecule has 0 aromatic heterocycles. The third-order valence-corrected chi connectivity index (χ3v) is 1.36. The van der Waals surface area contributed by atoms with Crippen molar-refractivity contribution in [2.75, 3.05) is 6.61 Å². The second kappa shape index (κ2) is 6.64. The van der Waals surface area contributed by atoms with E-state index in [0.717, 1.165) is 12.8 Å². The van der Waals surface area contributed by atoms with E-state index in [1.54, 1.807) is 0 Å². The van der Waals surface area contributed by atoms with Gasteiger partial charge in [-0.2, -0.15) is 0 Å². The van der Waals surface area contributed by atoms with Gasteiger partial charge in [-0.3, -0.25) is 4.79 Å². The predicted molar refractivity (Wildman–Crippen MR) is 47.8 cm³/mol. The summed E-state index contributed by atoms with van der Waals surface area (Å²) in [6, 6.07) is 0. The molecular weight excluding hydrogens is 156 g/mol. The number of nitrogens with zero attached hydrogens (tertiary/aromatic N) is 1. The average Bonchev–Trinajstić information content (AvgIpc) is 2.04. The van der Waals surface area contributed by atoms with E-state index in [9.17, 15) is 4.79 Å². The Morgan fingerprint density at radius 2 is 2.17 bits per heavy atom. The van der Waals surface area contributed by atoms with Gasteiger partial charge in [0, 0.05) is 0 Å². The Morgan fingerprint density at radius 1 is 1.50 bits per heavy atom. The standard InChI is InChI=1S/C8H16N2O2/c1-3-5-6-7(8(9)11)10-12-4-2/h3-6H2,1-2H3,(H2,9,11)/b10-7+. The zero-order chi connectivity index (χ0) is 9.40. The predicted octanol–water partition coefficient (Wildman–Crippen LogP) is 1.05. The summed E-state index contributed by atoms with van der Waals surface area (Å²) in [5.41, 5.74) is 5.40. The first-order valence-electron chi connectivity index (χ1n) is 4.21. The van der Waals surface area contributed by atoms with E-state index in [1.165, 1.54) is 0 Å². The fourth-order valence-electron chi connectivity index (χ4n) is 0.701. The topological polar surface area (TPSA) is 64.7 Å². The van der Waals surface area contributed by atoms with Gasteiger partial charge in [-0.05, 0) is 19.8 Å². The quantitative estimate of drug-likeness (QED) is 0.481. The van der Waals surface area contributed by atoms with Gasteiger partial charge >= 0.3 is 0 Å². The first kappa shape index (κ1) is 10.9. The molecule has 0 aliphatic heterocycles. The summed E-state index contributed by atoms with van der Waals surface area (Å²) in [5, 5.41) is 3.62. The molecule has 0 atom stereocenters. The highest BCUT2D eigenvalue weighted by Crippen LogP contribution is 1.97. The molecular formula is C8H16N2O2. The monoisotopic (exact) mass is 172 g/mol. The maximum atomic E-state index is 10.7. The van der Waals surface area contributed by atoms with Gasteiger partial charge in [-0.1, -0.05) is 18.5 Å². The lowest BCUT2D eigenvalue weighted by Gasteiger charge is -1.99. The van der Waals surface area contributed by atoms with Gasteiger partial charge in [-0.15, -0.1) is 0 Å². The Kier molecular flexibility index (Phi) is 6.05. The van der Waals surface area contributed by atoms with Crippen LogP contribution in [0.3, 0.4) is 0 Å². The Balaban J connectivity index is 3.94. The molecule has 0 saturated heterocycles. The van der Waals surface area contributed by atoms with Gasteiger partial charge in [0.05, 0.1) is 0 Å². The maximum Gasteiger partial charge on any atom is 0.266 e. The summed E-state index contributed by atoms with van der Waals surface area (Å²) in [5.74, 6) is -0.489. The third kappa shape index (κ3) is 4.71. The first-order chi connectivity index (χ1) is 5.72. The number of hydrogen-bond acceptors (Lipinski definition) is 3. The highest BCUT2D eigenvalue weighted by molar-refractivity contribution is 6.38. The lowest BCUT2D eigenvalue weighted by Crippen LogP contribution is -2.23. The normalized spacial score (nSPS) is 11.3. The third-order valence-electron chi connectivity index (χ3n) is 1.36. The van der Waals surface area contributed by atoms with E-state index in [-0.39, 0.29) is 0 Å². The number of amides is 1. The smallest absolute Gasteiger partial charge is 0.266 e. The van der Waals surface area contributed by atoms with E-state index in [4.69, 9.17) is 10.6 Å². The van der Waals surface area contributed by atoms with Gasteiger partial charge in [0.1, 0.15) is 12.3 Å². The van der Waals surface area contributed by atoms with Crippen LogP contribution >= 0.6 is 0 Å². The number of unbranched alkanes of at least 4 members (excludes halogenated alkanes) is 1. The van der Waals surface area contributed by atoms with Crippen LogP contribution in [0.2, 0.25) is 0 Å². The molecule has 0 radical (unpaired) electrons. The SMILES string of the molecule is CCCC/C(=N\OCC)C(N)=O. The molecule has 0 saturated carbocycles. The van der Waals surface area contributed by atoms with Crippen LogP contribution in [0.15, 0.2) is 5.16 Å². The molecule has 70 valence electrons. The van der Waals surface area contributed by atoms with Crippen molar-refractivity contribution in [1.29, 1.82) is 0 Å². The highest BCUT2D eigenvalue weighted by atomic mass is 16.6. The van der Waals surface area contributed by atoms with Gasteiger partial charge in [-0.25, -0.2) is 0 Å². The molecule has 1 amide bonds. The number of nitrogens with two attached hydrogens (primary N) is 1. The zero-order valence-electron chi connectivity index (χ0n) is 7.67. The van der Waals surface area contributed by atoms with Crippen LogP contribution in [0.5, 0.6) is 0 Å². The maximum absolute atomic E-state index is 10.7. The van der Waals surface area contributed by atoms with E-state index in [1.807, 2.05) is 13.8 Å². The van der Waals surface area contributed by atoms with Crippen LogP contribution in [0, 0.1) is 0 Å². The van der Waals surface area contributed by atoms with Crippen molar-refractivity contribution >= 4 is 11.6 Å². The molecule has 0 aromatic rings. The van der Waals surface area contributed by atoms with Crippen LogP contribution in [0.25, 0.3) is 0 Å². The van der Waals surface area contributed by atoms with Crippen LogP contribution in [0.4, 0.5) is 0 Å². The fourth-order valence-corrected chi connectivity index (χ4v) is 0.701. The van der Waals surface area contributed by atoms with Crippen LogP contribution < -0.4 is 5.73 Å². The summed E-state index contributed by atoms with van der Waals surface area (Å²) in [4.78, 5) is 15.5. The largest absolute Gasteiger partial charge is 0.396 e. The first-order valence-corrected chi connectivity index (χ1v) is 4.21. The Hall–Kier alpha value is -1.06. The van der Waals surface area contributed by atoms with Crippen molar-refractivity contribution < 1.29 is 9.63 Å². The summed E-state index contributed by atoms with van der Waals surface area (Å²) < 4.78 is 0. The average molecular weight is 172 g/mol. The number of rotatable bonds is 6. The van der Waals surface area contributed by atoms with Crippen molar-refractivity contribution in [1.82, 2.24) is 0 Å². The van der Waals surface area contributed by atoms with E-state index in [0.29, 0.717) is 18.7 Å². The van der Waals surface area contributed by atoms with Crippen LogP contribution in [0.1, 0.15) is 33.1 Å². The van der Waals surface area contributed by atoms with Gasteiger partial charge in [0.2, 0.25) is 0 Å². The number of oxime groups is 1. The lowest BCUT2D eigenvalue weighted by atomic mass is 10.2. The van der Waals surface area contributed by atoms with E-state index < -0.39 is 5.91 Å². The van der Waals surface area contributed by atoms with Crippen LogP contribution in [-0.2, 0) is 9.63 Å². The minimum absolute atomic E-state index is 0.332. The minimum atomic E-state index is -0.489. The molecule has 0 heterocycles. The molecule has 0 unspecified atom stereocenters. The minimum Gasteiger partial charge on any atom is -0.396 e. The zero-order valence-corrected chi connectivity index (χ0v) is 7.67. The van der Waals surface area contributed by atoms with Crippen molar-refractivity contribution in [2.24, 2.45) is 10.9 Å². The highest BCUT2D eigenvalue weighted by Gasteiger charge is 2.06. The number of primary amides is 1. The van der Waals surface area contributed by atoms with Gasteiger partial charge in [0.15, 0.2) is 0 Å². The molecule has 0 rings (SSSR count). The molecule has 4 nitrogen and oxygen atoms in total. The Morgan fingerprint density at radius 3 is 2.58 bits per heavy atom.